The molecule has 36 heavy (non-hydrogen) atoms. The van der Waals surface area contributed by atoms with Gasteiger partial charge in [0.25, 0.3) is 11.8 Å². The summed E-state index contributed by atoms with van der Waals surface area (Å²) in [6, 6.07) is 17.3. The lowest BCUT2D eigenvalue weighted by Crippen LogP contribution is -2.34. The molecule has 0 atom stereocenters. The highest BCUT2D eigenvalue weighted by molar-refractivity contribution is 5.95. The van der Waals surface area contributed by atoms with E-state index in [9.17, 15) is 18.4 Å². The molecule has 1 N–H and O–H groups in total. The van der Waals surface area contributed by atoms with Crippen LogP contribution in [0.5, 0.6) is 11.5 Å². The number of ether oxygens (including phenoxy) is 2. The number of rotatable bonds is 11. The molecule has 0 spiro atoms. The van der Waals surface area contributed by atoms with E-state index in [2.05, 4.69) is 0 Å². The summed E-state index contributed by atoms with van der Waals surface area (Å²) in [5, 5.41) is 8.98. The lowest BCUT2D eigenvalue weighted by Gasteiger charge is -2.26. The Hall–Kier alpha value is -3.94. The summed E-state index contributed by atoms with van der Waals surface area (Å²) in [4.78, 5) is 25.9. The Morgan fingerprint density at radius 2 is 1.47 bits per heavy atom. The predicted molar refractivity (Wildman–Crippen MR) is 132 cm³/mol. The molecule has 190 valence electrons. The summed E-state index contributed by atoms with van der Waals surface area (Å²) in [5.41, 5.74) is 2.14. The van der Waals surface area contributed by atoms with Gasteiger partial charge >= 0.3 is 5.97 Å². The number of halogens is 2. The molecule has 0 radical (unpaired) electrons. The van der Waals surface area contributed by atoms with E-state index in [0.717, 1.165) is 0 Å². The van der Waals surface area contributed by atoms with Gasteiger partial charge in [0, 0.05) is 36.2 Å². The third-order valence-electron chi connectivity index (χ3n) is 5.93. The molecule has 0 aromatic heterocycles. The number of benzene rings is 3. The van der Waals surface area contributed by atoms with Gasteiger partial charge in [-0.25, -0.2) is 8.78 Å². The molecule has 0 bridgehead atoms. The second kappa shape index (κ2) is 11.7. The van der Waals surface area contributed by atoms with Crippen LogP contribution < -0.4 is 9.47 Å². The molecule has 0 saturated carbocycles. The number of aliphatic carboxylic acids is 1. The van der Waals surface area contributed by atoms with Crippen LogP contribution in [-0.4, -0.2) is 42.6 Å². The van der Waals surface area contributed by atoms with Crippen LogP contribution in [0.4, 0.5) is 8.78 Å². The maximum atomic E-state index is 15.0. The first-order valence-corrected chi connectivity index (χ1v) is 11.4. The zero-order valence-electron chi connectivity index (χ0n) is 20.5. The van der Waals surface area contributed by atoms with E-state index < -0.39 is 24.2 Å². The topological polar surface area (TPSA) is 76.1 Å². The summed E-state index contributed by atoms with van der Waals surface area (Å²) in [6.45, 7) is 1.65. The van der Waals surface area contributed by atoms with E-state index >= 15 is 0 Å². The summed E-state index contributed by atoms with van der Waals surface area (Å²) in [7, 11) is 2.96. The third-order valence-corrected chi connectivity index (χ3v) is 5.93. The molecular weight excluding hydrogens is 468 g/mol. The van der Waals surface area contributed by atoms with Crippen LogP contribution in [0, 0.1) is 6.92 Å². The van der Waals surface area contributed by atoms with Crippen molar-refractivity contribution in [3.8, 4) is 11.5 Å². The Morgan fingerprint density at radius 3 is 2.00 bits per heavy atom. The Labute approximate surface area is 209 Å². The summed E-state index contributed by atoms with van der Waals surface area (Å²) in [5.74, 6) is -3.64. The molecule has 0 aliphatic heterocycles. The van der Waals surface area contributed by atoms with Gasteiger partial charge in [-0.1, -0.05) is 54.6 Å². The van der Waals surface area contributed by atoms with Crippen LogP contribution in [0.15, 0.2) is 66.7 Å². The molecule has 0 heterocycles. The van der Waals surface area contributed by atoms with E-state index in [0.29, 0.717) is 28.2 Å². The molecule has 6 nitrogen and oxygen atoms in total. The molecule has 3 aromatic rings. The van der Waals surface area contributed by atoms with Crippen molar-refractivity contribution in [3.05, 3.63) is 94.5 Å². The fourth-order valence-corrected chi connectivity index (χ4v) is 3.90. The van der Waals surface area contributed by atoms with Crippen molar-refractivity contribution in [2.24, 2.45) is 0 Å². The number of hydrogen-bond donors (Lipinski definition) is 1. The third kappa shape index (κ3) is 6.59. The van der Waals surface area contributed by atoms with Crippen LogP contribution in [0.3, 0.4) is 0 Å². The zero-order chi connectivity index (χ0) is 26.3. The lowest BCUT2D eigenvalue weighted by atomic mass is 10.0. The SMILES string of the molecule is COc1cc(C(=O)N(CCC(F)(F)c2ccccc2)Cc2ccc(CC(=O)O)cc2)cc(OC)c1C. The van der Waals surface area contributed by atoms with Crippen molar-refractivity contribution < 1.29 is 33.0 Å². The number of carbonyl (C=O) groups is 2. The molecule has 0 aliphatic carbocycles. The Balaban J connectivity index is 1.90. The van der Waals surface area contributed by atoms with Gasteiger partial charge in [0.2, 0.25) is 0 Å². The molecule has 0 aliphatic rings. The van der Waals surface area contributed by atoms with Crippen LogP contribution in [-0.2, 0) is 23.7 Å². The highest BCUT2D eigenvalue weighted by atomic mass is 19.3. The highest BCUT2D eigenvalue weighted by Crippen LogP contribution is 2.33. The van der Waals surface area contributed by atoms with Crippen molar-refractivity contribution >= 4 is 11.9 Å². The van der Waals surface area contributed by atoms with Gasteiger partial charge in [0.05, 0.1) is 20.6 Å². The van der Waals surface area contributed by atoms with E-state index in [1.165, 1.54) is 31.3 Å². The van der Waals surface area contributed by atoms with E-state index in [1.807, 2.05) is 0 Å². The smallest absolute Gasteiger partial charge is 0.307 e. The van der Waals surface area contributed by atoms with Crippen molar-refractivity contribution in [1.29, 1.82) is 0 Å². The minimum atomic E-state index is -3.13. The Kier molecular flexibility index (Phi) is 8.64. The molecule has 0 saturated heterocycles. The molecule has 1 amide bonds. The number of hydrogen-bond acceptors (Lipinski definition) is 4. The number of carbonyl (C=O) groups excluding carboxylic acids is 1. The minimum absolute atomic E-state index is 0.0650. The average Bonchev–Trinajstić information content (AvgIpc) is 2.87. The Bertz CT molecular complexity index is 1170. The molecule has 8 heteroatoms. The molecular formula is C28H29F2NO5. The lowest BCUT2D eigenvalue weighted by molar-refractivity contribution is -0.136. The first-order valence-electron chi connectivity index (χ1n) is 11.4. The number of amides is 1. The number of methoxy groups -OCH3 is 2. The summed E-state index contributed by atoms with van der Waals surface area (Å²) < 4.78 is 40.7. The predicted octanol–water partition coefficient (Wildman–Crippen LogP) is 5.46. The second-order valence-corrected chi connectivity index (χ2v) is 8.44. The van der Waals surface area contributed by atoms with Crippen LogP contribution in [0.1, 0.15) is 39.0 Å². The van der Waals surface area contributed by atoms with Gasteiger partial charge in [-0.2, -0.15) is 0 Å². The van der Waals surface area contributed by atoms with Gasteiger partial charge in [0.15, 0.2) is 0 Å². The molecule has 3 rings (SSSR count). The van der Waals surface area contributed by atoms with Gasteiger partial charge in [-0.05, 0) is 30.2 Å². The van der Waals surface area contributed by atoms with Crippen molar-refractivity contribution in [3.63, 3.8) is 0 Å². The maximum Gasteiger partial charge on any atom is 0.307 e. The van der Waals surface area contributed by atoms with Crippen LogP contribution in [0.2, 0.25) is 0 Å². The first-order chi connectivity index (χ1) is 17.1. The second-order valence-electron chi connectivity index (χ2n) is 8.44. The van der Waals surface area contributed by atoms with Crippen molar-refractivity contribution in [2.45, 2.75) is 32.2 Å². The number of nitrogens with zero attached hydrogens (tertiary/aromatic N) is 1. The molecule has 3 aromatic carbocycles. The average molecular weight is 498 g/mol. The Morgan fingerprint density at radius 1 is 0.917 bits per heavy atom. The fourth-order valence-electron chi connectivity index (χ4n) is 3.90. The van der Waals surface area contributed by atoms with Crippen molar-refractivity contribution in [2.75, 3.05) is 20.8 Å². The minimum Gasteiger partial charge on any atom is -0.496 e. The van der Waals surface area contributed by atoms with E-state index in [4.69, 9.17) is 14.6 Å². The fraction of sp³-hybridized carbons (Fsp3) is 0.286. The maximum absolute atomic E-state index is 15.0. The van der Waals surface area contributed by atoms with Gasteiger partial charge in [0.1, 0.15) is 11.5 Å². The van der Waals surface area contributed by atoms with Gasteiger partial charge in [-0.15, -0.1) is 0 Å². The van der Waals surface area contributed by atoms with Crippen LogP contribution in [0.25, 0.3) is 0 Å². The first kappa shape index (κ1) is 26.7. The standard InChI is InChI=1S/C28H29F2NO5/c1-19-24(35-2)16-22(17-25(19)36-3)27(34)31(14-13-28(29,30)23-7-5-4-6-8-23)18-21-11-9-20(10-12-21)15-26(32)33/h4-12,16-17H,13-15,18H2,1-3H3,(H,32,33). The van der Waals surface area contributed by atoms with Crippen LogP contribution >= 0.6 is 0 Å². The summed E-state index contributed by atoms with van der Waals surface area (Å²) in [6.07, 6.45) is -0.699. The zero-order valence-corrected chi connectivity index (χ0v) is 20.5. The molecule has 0 fully saturated rings. The van der Waals surface area contributed by atoms with Crippen molar-refractivity contribution in [1.82, 2.24) is 4.90 Å². The highest BCUT2D eigenvalue weighted by Gasteiger charge is 2.33. The van der Waals surface area contributed by atoms with E-state index in [1.54, 1.807) is 61.5 Å². The quantitative estimate of drug-likeness (QED) is 0.381. The number of carboxylic acids is 1. The number of carboxylic acid groups (broad SMARTS) is 1. The van der Waals surface area contributed by atoms with Gasteiger partial charge < -0.3 is 19.5 Å². The van der Waals surface area contributed by atoms with Gasteiger partial charge in [-0.3, -0.25) is 9.59 Å². The number of alkyl halides is 2. The monoisotopic (exact) mass is 497 g/mol. The normalized spacial score (nSPS) is 11.1. The summed E-state index contributed by atoms with van der Waals surface area (Å²) >= 11 is 0. The largest absolute Gasteiger partial charge is 0.496 e. The molecule has 0 unspecified atom stereocenters. The van der Waals surface area contributed by atoms with E-state index in [-0.39, 0.29) is 30.6 Å².